The Morgan fingerprint density at radius 2 is 2.22 bits per heavy atom. The zero-order valence-corrected chi connectivity index (χ0v) is 11.2. The highest BCUT2D eigenvalue weighted by atomic mass is 16.5. The molecule has 2 amide bonds. The van der Waals surface area contributed by atoms with Crippen LogP contribution >= 0.6 is 0 Å². The molecule has 0 saturated carbocycles. The Balaban J connectivity index is 2.54. The first-order chi connectivity index (χ1) is 8.42. The summed E-state index contributed by atoms with van der Waals surface area (Å²) in [6, 6.07) is -0.305. The van der Waals surface area contributed by atoms with Gasteiger partial charge in [-0.05, 0) is 19.8 Å². The molecule has 104 valence electrons. The first kappa shape index (κ1) is 14.8. The molecule has 0 radical (unpaired) electrons. The third kappa shape index (κ3) is 3.35. The average Bonchev–Trinajstić information content (AvgIpc) is 2.77. The van der Waals surface area contributed by atoms with E-state index in [2.05, 4.69) is 5.32 Å². The topological polar surface area (TPSA) is 78.9 Å². The van der Waals surface area contributed by atoms with E-state index in [0.29, 0.717) is 32.0 Å². The van der Waals surface area contributed by atoms with E-state index in [0.717, 1.165) is 6.42 Å². The zero-order valence-electron chi connectivity index (χ0n) is 11.2. The molecule has 1 fully saturated rings. The third-order valence-corrected chi connectivity index (χ3v) is 3.54. The fourth-order valence-corrected chi connectivity index (χ4v) is 2.00. The monoisotopic (exact) mass is 258 g/mol. The standard InChI is InChI=1S/C12H22N2O4/c1-4-12(2,10(15)16)13-11(17)14-6-5-9(7-14)8-18-3/h9H,4-8H2,1-3H3,(H,13,17)(H,15,16). The number of urea groups is 1. The lowest BCUT2D eigenvalue weighted by atomic mass is 10.00. The molecular formula is C12H22N2O4. The van der Waals surface area contributed by atoms with Crippen molar-refractivity contribution in [1.29, 1.82) is 0 Å². The van der Waals surface area contributed by atoms with Gasteiger partial charge in [-0.2, -0.15) is 0 Å². The molecule has 2 atom stereocenters. The molecule has 0 aromatic heterocycles. The smallest absolute Gasteiger partial charge is 0.329 e. The first-order valence-corrected chi connectivity index (χ1v) is 6.22. The van der Waals surface area contributed by atoms with Crippen LogP contribution in [0.5, 0.6) is 0 Å². The Labute approximate surface area is 107 Å². The highest BCUT2D eigenvalue weighted by Gasteiger charge is 2.35. The molecule has 1 heterocycles. The Bertz CT molecular complexity index is 321. The Kier molecular flexibility index (Phi) is 4.95. The van der Waals surface area contributed by atoms with Gasteiger partial charge in [0.25, 0.3) is 0 Å². The van der Waals surface area contributed by atoms with Crippen LogP contribution in [0.4, 0.5) is 4.79 Å². The van der Waals surface area contributed by atoms with E-state index in [-0.39, 0.29) is 6.03 Å². The van der Waals surface area contributed by atoms with Crippen molar-refractivity contribution in [1.82, 2.24) is 10.2 Å². The van der Waals surface area contributed by atoms with Crippen LogP contribution in [0.25, 0.3) is 0 Å². The minimum atomic E-state index is -1.20. The number of carbonyl (C=O) groups is 2. The second-order valence-electron chi connectivity index (χ2n) is 4.98. The quantitative estimate of drug-likeness (QED) is 0.768. The Hall–Kier alpha value is -1.30. The van der Waals surface area contributed by atoms with Crippen molar-refractivity contribution in [3.8, 4) is 0 Å². The number of carbonyl (C=O) groups excluding carboxylic acids is 1. The number of ether oxygens (including phenoxy) is 1. The van der Waals surface area contributed by atoms with Crippen LogP contribution < -0.4 is 5.32 Å². The summed E-state index contributed by atoms with van der Waals surface area (Å²) in [4.78, 5) is 24.8. The summed E-state index contributed by atoms with van der Waals surface area (Å²) in [5.41, 5.74) is -1.20. The zero-order chi connectivity index (χ0) is 13.8. The van der Waals surface area contributed by atoms with Gasteiger partial charge in [0.2, 0.25) is 0 Å². The van der Waals surface area contributed by atoms with Gasteiger partial charge in [-0.1, -0.05) is 6.92 Å². The maximum Gasteiger partial charge on any atom is 0.329 e. The summed E-state index contributed by atoms with van der Waals surface area (Å²) in [5.74, 6) is -0.663. The average molecular weight is 258 g/mol. The predicted molar refractivity (Wildman–Crippen MR) is 66.4 cm³/mol. The van der Waals surface area contributed by atoms with Gasteiger partial charge in [-0.3, -0.25) is 0 Å². The van der Waals surface area contributed by atoms with Crippen molar-refractivity contribution in [3.05, 3.63) is 0 Å². The molecule has 1 aliphatic heterocycles. The number of aliphatic carboxylic acids is 1. The molecule has 1 rings (SSSR count). The van der Waals surface area contributed by atoms with E-state index in [1.54, 1.807) is 18.9 Å². The molecular weight excluding hydrogens is 236 g/mol. The molecule has 0 aromatic rings. The van der Waals surface area contributed by atoms with Crippen molar-refractivity contribution in [2.24, 2.45) is 5.92 Å². The van der Waals surface area contributed by atoms with Crippen LogP contribution in [-0.2, 0) is 9.53 Å². The number of hydrogen-bond donors (Lipinski definition) is 2. The number of hydrogen-bond acceptors (Lipinski definition) is 3. The molecule has 18 heavy (non-hydrogen) atoms. The van der Waals surface area contributed by atoms with Crippen molar-refractivity contribution < 1.29 is 19.4 Å². The van der Waals surface area contributed by atoms with Crippen molar-refractivity contribution in [2.75, 3.05) is 26.8 Å². The van der Waals surface area contributed by atoms with Crippen molar-refractivity contribution >= 4 is 12.0 Å². The van der Waals surface area contributed by atoms with Crippen LogP contribution in [0.3, 0.4) is 0 Å². The summed E-state index contributed by atoms with van der Waals surface area (Å²) in [5, 5.41) is 11.7. The molecule has 2 unspecified atom stereocenters. The minimum absolute atomic E-state index is 0.305. The SMILES string of the molecule is CCC(C)(NC(=O)N1CCC(COC)C1)C(=O)O. The van der Waals surface area contributed by atoms with E-state index in [4.69, 9.17) is 9.84 Å². The van der Waals surface area contributed by atoms with E-state index < -0.39 is 11.5 Å². The maximum absolute atomic E-state index is 12.0. The van der Waals surface area contributed by atoms with Crippen molar-refractivity contribution in [3.63, 3.8) is 0 Å². The van der Waals surface area contributed by atoms with Crippen LogP contribution in [0.1, 0.15) is 26.7 Å². The van der Waals surface area contributed by atoms with Gasteiger partial charge >= 0.3 is 12.0 Å². The Morgan fingerprint density at radius 3 is 2.72 bits per heavy atom. The van der Waals surface area contributed by atoms with Gasteiger partial charge < -0.3 is 20.1 Å². The van der Waals surface area contributed by atoms with E-state index >= 15 is 0 Å². The second-order valence-corrected chi connectivity index (χ2v) is 4.98. The van der Waals surface area contributed by atoms with E-state index in [1.807, 2.05) is 0 Å². The number of methoxy groups -OCH3 is 1. The van der Waals surface area contributed by atoms with Gasteiger partial charge in [0.15, 0.2) is 0 Å². The fourth-order valence-electron chi connectivity index (χ4n) is 2.00. The Morgan fingerprint density at radius 1 is 1.56 bits per heavy atom. The lowest BCUT2D eigenvalue weighted by Gasteiger charge is -2.28. The van der Waals surface area contributed by atoms with Gasteiger partial charge in [-0.15, -0.1) is 0 Å². The number of likely N-dealkylation sites (tertiary alicyclic amines) is 1. The van der Waals surface area contributed by atoms with E-state index in [9.17, 15) is 9.59 Å². The number of nitrogens with one attached hydrogen (secondary N) is 1. The summed E-state index contributed by atoms with van der Waals surface area (Å²) < 4.78 is 5.06. The number of carboxylic acid groups (broad SMARTS) is 1. The number of amides is 2. The van der Waals surface area contributed by atoms with Crippen LogP contribution in [0, 0.1) is 5.92 Å². The van der Waals surface area contributed by atoms with Gasteiger partial charge in [-0.25, -0.2) is 9.59 Å². The molecule has 0 aromatic carbocycles. The van der Waals surface area contributed by atoms with Crippen LogP contribution in [-0.4, -0.2) is 54.4 Å². The molecule has 2 N–H and O–H groups in total. The summed E-state index contributed by atoms with van der Waals surface area (Å²) in [6.07, 6.45) is 1.25. The normalized spacial score (nSPS) is 22.6. The predicted octanol–water partition coefficient (Wildman–Crippen LogP) is 0.918. The molecule has 6 nitrogen and oxygen atoms in total. The third-order valence-electron chi connectivity index (χ3n) is 3.54. The largest absolute Gasteiger partial charge is 0.480 e. The van der Waals surface area contributed by atoms with Crippen LogP contribution in [0.15, 0.2) is 0 Å². The fraction of sp³-hybridized carbons (Fsp3) is 0.833. The van der Waals surface area contributed by atoms with Gasteiger partial charge in [0.05, 0.1) is 6.61 Å². The molecule has 1 saturated heterocycles. The number of rotatable bonds is 5. The van der Waals surface area contributed by atoms with Gasteiger partial charge in [0, 0.05) is 26.1 Å². The molecule has 1 aliphatic rings. The summed E-state index contributed by atoms with van der Waals surface area (Å²) in [7, 11) is 1.64. The first-order valence-electron chi connectivity index (χ1n) is 6.22. The summed E-state index contributed by atoms with van der Waals surface area (Å²) >= 11 is 0. The number of nitrogens with zero attached hydrogens (tertiary/aromatic N) is 1. The molecule has 0 aliphatic carbocycles. The van der Waals surface area contributed by atoms with E-state index in [1.165, 1.54) is 6.92 Å². The minimum Gasteiger partial charge on any atom is -0.480 e. The molecule has 6 heteroatoms. The lowest BCUT2D eigenvalue weighted by molar-refractivity contribution is -0.143. The highest BCUT2D eigenvalue weighted by Crippen LogP contribution is 2.18. The molecule has 0 spiro atoms. The second kappa shape index (κ2) is 6.04. The van der Waals surface area contributed by atoms with Gasteiger partial charge in [0.1, 0.15) is 5.54 Å². The number of carboxylic acids is 1. The van der Waals surface area contributed by atoms with Crippen molar-refractivity contribution in [2.45, 2.75) is 32.2 Å². The highest BCUT2D eigenvalue weighted by molar-refractivity contribution is 5.85. The molecule has 0 bridgehead atoms. The maximum atomic E-state index is 12.0. The summed E-state index contributed by atoms with van der Waals surface area (Å²) in [6.45, 7) is 5.17. The lowest BCUT2D eigenvalue weighted by Crippen LogP contribution is -2.55. The van der Waals surface area contributed by atoms with Crippen LogP contribution in [0.2, 0.25) is 0 Å².